The van der Waals surface area contributed by atoms with Gasteiger partial charge in [-0.2, -0.15) is 0 Å². The Morgan fingerprint density at radius 1 is 0.818 bits per heavy atom. The molecule has 174 valence electrons. The quantitative estimate of drug-likeness (QED) is 0.317. The van der Waals surface area contributed by atoms with Crippen molar-refractivity contribution in [2.24, 2.45) is 0 Å². The van der Waals surface area contributed by atoms with Crippen molar-refractivity contribution >= 4 is 5.97 Å². The third-order valence-electron chi connectivity index (χ3n) is 4.95. The Morgan fingerprint density at radius 3 is 2.09 bits per heavy atom. The number of carbonyl (C=O) groups excluding carboxylic acids is 1. The molecule has 33 heavy (non-hydrogen) atoms. The second-order valence-electron chi connectivity index (χ2n) is 7.09. The average Bonchev–Trinajstić information content (AvgIpc) is 2.87. The Bertz CT molecular complexity index is 1050. The van der Waals surface area contributed by atoms with Crippen LogP contribution in [0.3, 0.4) is 0 Å². The predicted molar refractivity (Wildman–Crippen MR) is 120 cm³/mol. The summed E-state index contributed by atoms with van der Waals surface area (Å²) in [7, 11) is 2.87. The molecule has 0 aliphatic carbocycles. The number of ether oxygens (including phenoxy) is 4. The molecule has 8 heteroatoms. The van der Waals surface area contributed by atoms with E-state index in [1.54, 1.807) is 54.6 Å². The van der Waals surface area contributed by atoms with Crippen molar-refractivity contribution in [2.75, 3.05) is 20.8 Å². The normalized spacial score (nSPS) is 13.5. The van der Waals surface area contributed by atoms with E-state index in [1.807, 2.05) is 0 Å². The molecular weight excluding hydrogens is 428 g/mol. The van der Waals surface area contributed by atoms with Crippen molar-refractivity contribution in [1.82, 2.24) is 0 Å². The topological polar surface area (TPSA) is 115 Å². The van der Waals surface area contributed by atoms with Crippen molar-refractivity contribution in [2.45, 2.75) is 18.3 Å². The maximum atomic E-state index is 12.4. The van der Waals surface area contributed by atoms with E-state index in [4.69, 9.17) is 18.9 Å². The fourth-order valence-corrected chi connectivity index (χ4v) is 3.20. The molecule has 3 N–H and O–H groups in total. The summed E-state index contributed by atoms with van der Waals surface area (Å²) in [6.07, 6.45) is -3.98. The van der Waals surface area contributed by atoms with Crippen LogP contribution >= 0.6 is 0 Å². The fraction of sp³-hybridized carbons (Fsp3) is 0.240. The molecule has 3 unspecified atom stereocenters. The van der Waals surface area contributed by atoms with Gasteiger partial charge in [0.25, 0.3) is 0 Å². The zero-order valence-corrected chi connectivity index (χ0v) is 18.3. The molecule has 3 atom stereocenters. The Labute approximate surface area is 191 Å². The molecule has 0 bridgehead atoms. The number of esters is 1. The molecule has 0 aliphatic heterocycles. The molecule has 3 aromatic rings. The van der Waals surface area contributed by atoms with Crippen LogP contribution in [-0.2, 0) is 0 Å². The van der Waals surface area contributed by atoms with Gasteiger partial charge in [0.1, 0.15) is 12.2 Å². The van der Waals surface area contributed by atoms with E-state index in [9.17, 15) is 20.1 Å². The SMILES string of the molecule is COc1cc(C(O)C(Oc2ccccc2OC)C(O)CO)ccc1OC(=O)c1ccccc1. The Morgan fingerprint density at radius 2 is 1.45 bits per heavy atom. The molecule has 0 heterocycles. The molecule has 3 rings (SSSR count). The summed E-state index contributed by atoms with van der Waals surface area (Å²) < 4.78 is 21.8. The lowest BCUT2D eigenvalue weighted by atomic mass is 9.99. The predicted octanol–water partition coefficient (Wildman–Crippen LogP) is 2.76. The van der Waals surface area contributed by atoms with E-state index in [0.717, 1.165) is 0 Å². The Hall–Kier alpha value is -3.59. The van der Waals surface area contributed by atoms with Gasteiger partial charge in [-0.25, -0.2) is 4.79 Å². The van der Waals surface area contributed by atoms with Crippen LogP contribution in [0.2, 0.25) is 0 Å². The van der Waals surface area contributed by atoms with Crippen LogP contribution in [0.25, 0.3) is 0 Å². The second-order valence-corrected chi connectivity index (χ2v) is 7.09. The number of methoxy groups -OCH3 is 2. The van der Waals surface area contributed by atoms with Crippen molar-refractivity contribution in [3.05, 3.63) is 83.9 Å². The van der Waals surface area contributed by atoms with Gasteiger partial charge in [-0.1, -0.05) is 36.4 Å². The lowest BCUT2D eigenvalue weighted by molar-refractivity contribution is -0.0648. The van der Waals surface area contributed by atoms with Crippen molar-refractivity contribution in [3.63, 3.8) is 0 Å². The highest BCUT2D eigenvalue weighted by Gasteiger charge is 2.31. The van der Waals surface area contributed by atoms with Crippen molar-refractivity contribution in [1.29, 1.82) is 0 Å². The van der Waals surface area contributed by atoms with E-state index in [1.165, 1.54) is 32.4 Å². The first kappa shape index (κ1) is 24.1. The summed E-state index contributed by atoms with van der Waals surface area (Å²) >= 11 is 0. The average molecular weight is 454 g/mol. The zero-order valence-electron chi connectivity index (χ0n) is 18.3. The van der Waals surface area contributed by atoms with E-state index < -0.39 is 30.9 Å². The summed E-state index contributed by atoms with van der Waals surface area (Å²) in [6, 6.07) is 19.7. The standard InChI is InChI=1S/C25H26O8/c1-30-19-10-6-7-11-20(19)32-24(18(27)15-26)23(28)17-12-13-21(22(14-17)31-2)33-25(29)16-8-4-3-5-9-16/h3-14,18,23-24,26-28H,15H2,1-2H3. The van der Waals surface area contributed by atoms with Crippen LogP contribution in [0.15, 0.2) is 72.8 Å². The number of hydrogen-bond acceptors (Lipinski definition) is 8. The lowest BCUT2D eigenvalue weighted by Gasteiger charge is -2.28. The molecular formula is C25H26O8. The highest BCUT2D eigenvalue weighted by Crippen LogP contribution is 2.35. The molecule has 0 aromatic heterocycles. The van der Waals surface area contributed by atoms with Crippen LogP contribution in [0.5, 0.6) is 23.0 Å². The molecule has 8 nitrogen and oxygen atoms in total. The zero-order chi connectivity index (χ0) is 23.8. The lowest BCUT2D eigenvalue weighted by Crippen LogP contribution is -2.39. The van der Waals surface area contributed by atoms with Gasteiger partial charge in [-0.15, -0.1) is 0 Å². The van der Waals surface area contributed by atoms with Crippen molar-refractivity contribution in [3.8, 4) is 23.0 Å². The number of para-hydroxylation sites is 2. The van der Waals surface area contributed by atoms with Gasteiger partial charge in [-0.05, 0) is 42.0 Å². The Balaban J connectivity index is 1.85. The van der Waals surface area contributed by atoms with Gasteiger partial charge in [0, 0.05) is 0 Å². The minimum atomic E-state index is -1.40. The largest absolute Gasteiger partial charge is 0.493 e. The Kier molecular flexibility index (Phi) is 8.26. The minimum Gasteiger partial charge on any atom is -0.493 e. The maximum absolute atomic E-state index is 12.4. The summed E-state index contributed by atoms with van der Waals surface area (Å²) in [5.41, 5.74) is 0.693. The van der Waals surface area contributed by atoms with E-state index in [2.05, 4.69) is 0 Å². The molecule has 0 spiro atoms. The highest BCUT2D eigenvalue weighted by atomic mass is 16.6. The summed E-state index contributed by atoms with van der Waals surface area (Å²) in [6.45, 7) is -0.638. The number of aliphatic hydroxyl groups excluding tert-OH is 3. The highest BCUT2D eigenvalue weighted by molar-refractivity contribution is 5.91. The van der Waals surface area contributed by atoms with Gasteiger partial charge in [0.15, 0.2) is 29.1 Å². The molecule has 0 radical (unpaired) electrons. The summed E-state index contributed by atoms with van der Waals surface area (Å²) in [4.78, 5) is 12.4. The van der Waals surface area contributed by atoms with Crippen LogP contribution in [0.4, 0.5) is 0 Å². The van der Waals surface area contributed by atoms with E-state index in [-0.39, 0.29) is 17.2 Å². The smallest absolute Gasteiger partial charge is 0.343 e. The first-order valence-corrected chi connectivity index (χ1v) is 10.2. The van der Waals surface area contributed by atoms with Gasteiger partial charge in [0.05, 0.1) is 26.4 Å². The monoisotopic (exact) mass is 454 g/mol. The minimum absolute atomic E-state index is 0.159. The summed E-state index contributed by atoms with van der Waals surface area (Å²) in [5.74, 6) is 0.491. The third kappa shape index (κ3) is 5.81. The molecule has 0 saturated heterocycles. The van der Waals surface area contributed by atoms with Crippen LogP contribution in [-0.4, -0.2) is 54.3 Å². The molecule has 0 amide bonds. The first-order chi connectivity index (χ1) is 16.0. The van der Waals surface area contributed by atoms with Gasteiger partial charge in [-0.3, -0.25) is 0 Å². The van der Waals surface area contributed by atoms with Gasteiger partial charge in [0.2, 0.25) is 0 Å². The first-order valence-electron chi connectivity index (χ1n) is 10.2. The van der Waals surface area contributed by atoms with Crippen LogP contribution in [0.1, 0.15) is 22.0 Å². The fourth-order valence-electron chi connectivity index (χ4n) is 3.20. The third-order valence-corrected chi connectivity index (χ3v) is 4.95. The van der Waals surface area contributed by atoms with Gasteiger partial charge >= 0.3 is 5.97 Å². The maximum Gasteiger partial charge on any atom is 0.343 e. The van der Waals surface area contributed by atoms with E-state index >= 15 is 0 Å². The number of hydrogen-bond donors (Lipinski definition) is 3. The van der Waals surface area contributed by atoms with Crippen LogP contribution < -0.4 is 18.9 Å². The summed E-state index contributed by atoms with van der Waals surface area (Å²) in [5, 5.41) is 30.8. The number of benzene rings is 3. The van der Waals surface area contributed by atoms with Crippen LogP contribution in [0, 0.1) is 0 Å². The molecule has 0 aliphatic rings. The second kappa shape index (κ2) is 11.3. The number of rotatable bonds is 10. The molecule has 0 fully saturated rings. The number of aliphatic hydroxyl groups is 3. The van der Waals surface area contributed by atoms with E-state index in [0.29, 0.717) is 16.9 Å². The molecule has 0 saturated carbocycles. The number of carbonyl (C=O) groups is 1. The molecule has 3 aromatic carbocycles. The van der Waals surface area contributed by atoms with Gasteiger partial charge < -0.3 is 34.3 Å². The van der Waals surface area contributed by atoms with Crippen molar-refractivity contribution < 1.29 is 39.1 Å².